The molecule has 218 valence electrons. The molecule has 1 unspecified atom stereocenters. The minimum atomic E-state index is -0.869. The summed E-state index contributed by atoms with van der Waals surface area (Å²) in [5.41, 5.74) is 3.81. The smallest absolute Gasteiger partial charge is 0.408 e. The van der Waals surface area contributed by atoms with Gasteiger partial charge in [-0.15, -0.1) is 0 Å². The first kappa shape index (κ1) is 29.8. The highest BCUT2D eigenvalue weighted by atomic mass is 16.6. The number of aromatic nitrogens is 2. The summed E-state index contributed by atoms with van der Waals surface area (Å²) in [4.78, 5) is 48.6. The second-order valence-corrected chi connectivity index (χ2v) is 11.6. The largest absolute Gasteiger partial charge is 0.444 e. The molecule has 0 aliphatic carbocycles. The topological polar surface area (TPSA) is 114 Å². The van der Waals surface area contributed by atoms with Crippen molar-refractivity contribution in [3.63, 3.8) is 0 Å². The lowest BCUT2D eigenvalue weighted by Gasteiger charge is -2.37. The number of esters is 1. The lowest BCUT2D eigenvalue weighted by atomic mass is 9.94. The fraction of sp³-hybridized carbons (Fsp3) is 0.438. The second-order valence-electron chi connectivity index (χ2n) is 11.6. The summed E-state index contributed by atoms with van der Waals surface area (Å²) in [5.74, 6) is 0.579. The van der Waals surface area contributed by atoms with E-state index in [1.165, 1.54) is 6.92 Å². The number of amides is 2. The third-order valence-corrected chi connectivity index (χ3v) is 7.11. The van der Waals surface area contributed by atoms with E-state index in [4.69, 9.17) is 9.47 Å². The first-order chi connectivity index (χ1) is 19.4. The number of benzene rings is 2. The van der Waals surface area contributed by atoms with E-state index < -0.39 is 23.7 Å². The van der Waals surface area contributed by atoms with E-state index in [1.54, 1.807) is 39.1 Å². The van der Waals surface area contributed by atoms with Crippen LogP contribution in [0.5, 0.6) is 5.75 Å². The average molecular weight is 561 g/mol. The predicted molar refractivity (Wildman–Crippen MR) is 156 cm³/mol. The number of likely N-dealkylation sites (tertiary alicyclic amines) is 1. The van der Waals surface area contributed by atoms with Gasteiger partial charge < -0.3 is 24.7 Å². The Labute approximate surface area is 241 Å². The Morgan fingerprint density at radius 1 is 1.10 bits per heavy atom. The van der Waals surface area contributed by atoms with Crippen LogP contribution in [0.15, 0.2) is 48.7 Å². The molecule has 3 aromatic rings. The van der Waals surface area contributed by atoms with Crippen molar-refractivity contribution in [1.82, 2.24) is 20.2 Å². The molecular weight excluding hydrogens is 520 g/mol. The van der Waals surface area contributed by atoms with Gasteiger partial charge in [0, 0.05) is 19.9 Å². The van der Waals surface area contributed by atoms with Crippen molar-refractivity contribution in [3.05, 3.63) is 71.2 Å². The van der Waals surface area contributed by atoms with Gasteiger partial charge in [0.05, 0.1) is 17.9 Å². The van der Waals surface area contributed by atoms with Gasteiger partial charge in [-0.05, 0) is 88.3 Å². The molecule has 41 heavy (non-hydrogen) atoms. The van der Waals surface area contributed by atoms with Gasteiger partial charge in [-0.25, -0.2) is 9.78 Å². The standard InChI is InChI=1S/C32H40N4O5/c1-20-16-24(40-22(3)37)17-21(2)25(20)18-26(35-31(39)41-32(4,5)6)30(38)36-15-11-10-14-28(36)29-33-19-27(34-29)23-12-8-7-9-13-23/h7-9,12-13,16-17,19,26,28H,10-11,14-15,18H2,1-6H3,(H,33,34)(H,35,39)/t26-,28?/m0/s1. The number of hydrogen-bond acceptors (Lipinski definition) is 6. The number of piperidine rings is 1. The van der Waals surface area contributed by atoms with Crippen LogP contribution in [-0.4, -0.2) is 51.0 Å². The molecule has 0 radical (unpaired) electrons. The Balaban J connectivity index is 1.63. The maximum absolute atomic E-state index is 14.2. The van der Waals surface area contributed by atoms with Crippen molar-refractivity contribution >= 4 is 18.0 Å². The molecule has 0 saturated carbocycles. The molecule has 9 heteroatoms. The van der Waals surface area contributed by atoms with Crippen LogP contribution in [0, 0.1) is 13.8 Å². The van der Waals surface area contributed by atoms with Crippen molar-refractivity contribution in [2.75, 3.05) is 6.54 Å². The zero-order chi connectivity index (χ0) is 29.7. The van der Waals surface area contributed by atoms with Crippen LogP contribution in [0.2, 0.25) is 0 Å². The Kier molecular flexibility index (Phi) is 9.15. The van der Waals surface area contributed by atoms with E-state index in [9.17, 15) is 14.4 Å². The van der Waals surface area contributed by atoms with Crippen molar-refractivity contribution in [2.45, 2.75) is 84.9 Å². The van der Waals surface area contributed by atoms with Gasteiger partial charge in [0.15, 0.2) is 0 Å². The second kappa shape index (κ2) is 12.6. The molecule has 2 atom stereocenters. The van der Waals surface area contributed by atoms with Crippen LogP contribution in [0.25, 0.3) is 11.3 Å². The highest BCUT2D eigenvalue weighted by Crippen LogP contribution is 2.32. The van der Waals surface area contributed by atoms with Crippen molar-refractivity contribution < 1.29 is 23.9 Å². The third-order valence-electron chi connectivity index (χ3n) is 7.11. The normalized spacial score (nSPS) is 16.1. The number of rotatable bonds is 7. The van der Waals surface area contributed by atoms with Crippen LogP contribution in [0.4, 0.5) is 4.79 Å². The minimum Gasteiger partial charge on any atom is -0.444 e. The lowest BCUT2D eigenvalue weighted by molar-refractivity contribution is -0.137. The van der Waals surface area contributed by atoms with Gasteiger partial charge in [-0.1, -0.05) is 30.3 Å². The van der Waals surface area contributed by atoms with Gasteiger partial charge >= 0.3 is 12.1 Å². The number of carbonyl (C=O) groups is 3. The van der Waals surface area contributed by atoms with Crippen LogP contribution < -0.4 is 10.1 Å². The number of nitrogens with one attached hydrogen (secondary N) is 2. The summed E-state index contributed by atoms with van der Waals surface area (Å²) in [6.45, 7) is 11.1. The molecule has 2 heterocycles. The molecule has 0 bridgehead atoms. The quantitative estimate of drug-likeness (QED) is 0.279. The molecule has 0 spiro atoms. The monoisotopic (exact) mass is 560 g/mol. The number of nitrogens with zero attached hydrogens (tertiary/aromatic N) is 2. The first-order valence-corrected chi connectivity index (χ1v) is 14.1. The van der Waals surface area contributed by atoms with E-state index >= 15 is 0 Å². The first-order valence-electron chi connectivity index (χ1n) is 14.1. The number of hydrogen-bond donors (Lipinski definition) is 2. The SMILES string of the molecule is CC(=O)Oc1cc(C)c(C[C@H](NC(=O)OC(C)(C)C)C(=O)N2CCCCC2c2ncc(-c3ccccc3)[nH]2)c(C)c1. The molecule has 1 saturated heterocycles. The van der Waals surface area contributed by atoms with E-state index in [2.05, 4.69) is 15.3 Å². The molecule has 1 aliphatic rings. The predicted octanol–water partition coefficient (Wildman–Crippen LogP) is 5.81. The zero-order valence-corrected chi connectivity index (χ0v) is 24.7. The number of ether oxygens (including phenoxy) is 2. The summed E-state index contributed by atoms with van der Waals surface area (Å²) < 4.78 is 10.8. The number of aromatic amines is 1. The summed E-state index contributed by atoms with van der Waals surface area (Å²) in [6.07, 6.45) is 4.00. The van der Waals surface area contributed by atoms with E-state index in [1.807, 2.05) is 49.1 Å². The molecule has 2 amide bonds. The Morgan fingerprint density at radius 2 is 1.78 bits per heavy atom. The van der Waals surface area contributed by atoms with Crippen LogP contribution >= 0.6 is 0 Å². The number of carbonyl (C=O) groups excluding carboxylic acids is 3. The van der Waals surface area contributed by atoms with Crippen LogP contribution in [-0.2, 0) is 20.7 Å². The highest BCUT2D eigenvalue weighted by Gasteiger charge is 2.36. The molecule has 9 nitrogen and oxygen atoms in total. The average Bonchev–Trinajstić information content (AvgIpc) is 3.39. The van der Waals surface area contributed by atoms with Gasteiger partial charge in [0.2, 0.25) is 5.91 Å². The highest BCUT2D eigenvalue weighted by molar-refractivity contribution is 5.86. The van der Waals surface area contributed by atoms with Gasteiger partial charge in [-0.3, -0.25) is 9.59 Å². The van der Waals surface area contributed by atoms with E-state index in [0.717, 1.165) is 53.0 Å². The van der Waals surface area contributed by atoms with Crippen LogP contribution in [0.3, 0.4) is 0 Å². The number of alkyl carbamates (subject to hydrolysis) is 1. The number of H-pyrrole nitrogens is 1. The maximum Gasteiger partial charge on any atom is 0.408 e. The Bertz CT molecular complexity index is 1370. The molecule has 1 aromatic heterocycles. The van der Waals surface area contributed by atoms with E-state index in [-0.39, 0.29) is 18.4 Å². The van der Waals surface area contributed by atoms with Gasteiger partial charge in [-0.2, -0.15) is 0 Å². The summed E-state index contributed by atoms with van der Waals surface area (Å²) in [7, 11) is 0. The molecule has 4 rings (SSSR count). The minimum absolute atomic E-state index is 0.193. The van der Waals surface area contributed by atoms with Crippen molar-refractivity contribution in [3.8, 4) is 17.0 Å². The Morgan fingerprint density at radius 3 is 2.41 bits per heavy atom. The van der Waals surface area contributed by atoms with Gasteiger partial charge in [0.25, 0.3) is 0 Å². The molecule has 2 aromatic carbocycles. The maximum atomic E-state index is 14.2. The van der Waals surface area contributed by atoms with Gasteiger partial charge in [0.1, 0.15) is 23.2 Å². The molecular formula is C32H40N4O5. The fourth-order valence-electron chi connectivity index (χ4n) is 5.30. The molecule has 2 N–H and O–H groups in total. The Hall–Kier alpha value is -4.14. The molecule has 1 aliphatic heterocycles. The lowest BCUT2D eigenvalue weighted by Crippen LogP contribution is -2.52. The summed E-state index contributed by atoms with van der Waals surface area (Å²) in [6, 6.07) is 12.4. The third kappa shape index (κ3) is 7.74. The summed E-state index contributed by atoms with van der Waals surface area (Å²) in [5, 5.41) is 2.86. The summed E-state index contributed by atoms with van der Waals surface area (Å²) >= 11 is 0. The van der Waals surface area contributed by atoms with Crippen molar-refractivity contribution in [2.24, 2.45) is 0 Å². The fourth-order valence-corrected chi connectivity index (χ4v) is 5.30. The van der Waals surface area contributed by atoms with Crippen LogP contribution in [0.1, 0.15) is 75.5 Å². The zero-order valence-electron chi connectivity index (χ0n) is 24.7. The number of aryl methyl sites for hydroxylation is 2. The number of imidazole rings is 1. The van der Waals surface area contributed by atoms with Crippen molar-refractivity contribution in [1.29, 1.82) is 0 Å². The molecule has 1 fully saturated rings. The van der Waals surface area contributed by atoms with E-state index in [0.29, 0.717) is 12.3 Å².